The largest absolute Gasteiger partial charge is 0.425 e. The molecule has 1 rings (SSSR count). The van der Waals surface area contributed by atoms with Crippen molar-refractivity contribution in [3.63, 3.8) is 0 Å². The third kappa shape index (κ3) is 6.22. The van der Waals surface area contributed by atoms with Crippen molar-refractivity contribution in [1.29, 1.82) is 0 Å². The lowest BCUT2D eigenvalue weighted by Gasteiger charge is -2.18. The van der Waals surface area contributed by atoms with E-state index < -0.39 is 5.97 Å². The predicted molar refractivity (Wildman–Crippen MR) is 77.7 cm³/mol. The number of carbonyl (C=O) groups excluding carboxylic acids is 2. The van der Waals surface area contributed by atoms with Crippen molar-refractivity contribution in [1.82, 2.24) is 10.6 Å². The summed E-state index contributed by atoms with van der Waals surface area (Å²) in [4.78, 5) is 23.1. The topological polar surface area (TPSA) is 67.4 Å². The molecule has 1 aromatic rings. The maximum atomic E-state index is 11.6. The first kappa shape index (κ1) is 16.0. The maximum Gasteiger partial charge on any atom is 0.330 e. The van der Waals surface area contributed by atoms with Gasteiger partial charge in [-0.05, 0) is 24.0 Å². The lowest BCUT2D eigenvalue weighted by atomic mass is 9.97. The molecule has 5 nitrogen and oxygen atoms in total. The van der Waals surface area contributed by atoms with Gasteiger partial charge in [-0.15, -0.1) is 0 Å². The Hall–Kier alpha value is -2.04. The number of ether oxygens (including phenoxy) is 1. The van der Waals surface area contributed by atoms with Gasteiger partial charge in [0.25, 0.3) is 0 Å². The summed E-state index contributed by atoms with van der Waals surface area (Å²) in [5.74, 6) is 0.0135. The summed E-state index contributed by atoms with van der Waals surface area (Å²) in [6.07, 6.45) is 0. The second-order valence-corrected chi connectivity index (χ2v) is 5.84. The van der Waals surface area contributed by atoms with Crippen LogP contribution in [0.1, 0.15) is 26.3 Å². The van der Waals surface area contributed by atoms with Crippen molar-refractivity contribution in [2.75, 3.05) is 13.1 Å². The highest BCUT2D eigenvalue weighted by molar-refractivity contribution is 5.81. The van der Waals surface area contributed by atoms with E-state index in [9.17, 15) is 9.59 Å². The van der Waals surface area contributed by atoms with E-state index in [1.807, 2.05) is 39.8 Å². The van der Waals surface area contributed by atoms with E-state index in [1.165, 1.54) is 0 Å². The van der Waals surface area contributed by atoms with Crippen molar-refractivity contribution in [2.24, 2.45) is 5.41 Å². The number of esters is 1. The average molecular weight is 278 g/mol. The molecule has 0 bridgehead atoms. The molecule has 20 heavy (non-hydrogen) atoms. The number of urea groups is 1. The highest BCUT2D eigenvalue weighted by Crippen LogP contribution is 2.15. The van der Waals surface area contributed by atoms with Gasteiger partial charge in [0.15, 0.2) is 0 Å². The lowest BCUT2D eigenvalue weighted by molar-refractivity contribution is -0.133. The summed E-state index contributed by atoms with van der Waals surface area (Å²) < 4.78 is 5.16. The molecular formula is C15H22N2O3. The first-order valence-corrected chi connectivity index (χ1v) is 6.56. The van der Waals surface area contributed by atoms with Crippen LogP contribution in [0.3, 0.4) is 0 Å². The van der Waals surface area contributed by atoms with Gasteiger partial charge in [-0.3, -0.25) is 0 Å². The van der Waals surface area contributed by atoms with E-state index in [2.05, 4.69) is 10.6 Å². The van der Waals surface area contributed by atoms with Gasteiger partial charge in [0, 0.05) is 6.54 Å². The highest BCUT2D eigenvalue weighted by atomic mass is 16.5. The average Bonchev–Trinajstić information content (AvgIpc) is 2.36. The van der Waals surface area contributed by atoms with Gasteiger partial charge in [-0.2, -0.15) is 0 Å². The Morgan fingerprint density at radius 3 is 2.40 bits per heavy atom. The molecule has 0 saturated heterocycles. The number of nitrogens with one attached hydrogen (secondary N) is 2. The number of hydrogen-bond acceptors (Lipinski definition) is 3. The minimum absolute atomic E-state index is 0.000992. The zero-order valence-electron chi connectivity index (χ0n) is 12.4. The summed E-state index contributed by atoms with van der Waals surface area (Å²) in [6, 6.07) is 6.85. The highest BCUT2D eigenvalue weighted by Gasteiger charge is 2.13. The Labute approximate surface area is 119 Å². The summed E-state index contributed by atoms with van der Waals surface area (Å²) in [5.41, 5.74) is 0.872. The molecule has 0 aliphatic heterocycles. The molecule has 0 aliphatic rings. The van der Waals surface area contributed by atoms with Crippen molar-refractivity contribution in [3.05, 3.63) is 29.8 Å². The summed E-state index contributed by atoms with van der Waals surface area (Å²) in [5, 5.41) is 5.17. The molecule has 0 saturated carbocycles. The van der Waals surface area contributed by atoms with E-state index in [0.717, 1.165) is 5.56 Å². The van der Waals surface area contributed by atoms with Crippen LogP contribution in [0.25, 0.3) is 0 Å². The van der Waals surface area contributed by atoms with Crippen molar-refractivity contribution >= 4 is 12.0 Å². The van der Waals surface area contributed by atoms with Gasteiger partial charge in [-0.25, -0.2) is 9.59 Å². The molecule has 0 aromatic heterocycles. The number of amides is 2. The van der Waals surface area contributed by atoms with E-state index in [1.54, 1.807) is 12.1 Å². The predicted octanol–water partition coefficient (Wildman–Crippen LogP) is 2.25. The zero-order chi connectivity index (χ0) is 15.2. The Kier molecular flexibility index (Phi) is 5.55. The molecule has 0 fully saturated rings. The fourth-order valence-electron chi connectivity index (χ4n) is 1.39. The molecule has 5 heteroatoms. The fraction of sp³-hybridized carbons (Fsp3) is 0.467. The number of rotatable bonds is 4. The van der Waals surface area contributed by atoms with Crippen LogP contribution in [0, 0.1) is 12.3 Å². The van der Waals surface area contributed by atoms with Gasteiger partial charge < -0.3 is 15.4 Å². The Morgan fingerprint density at radius 1 is 1.15 bits per heavy atom. The number of benzene rings is 1. The standard InChI is InChI=1S/C15H22N2O3/c1-11-7-5-6-8-12(11)20-13(18)9-16-14(19)17-10-15(2,3)4/h5-8H,9-10H2,1-4H3,(H2,16,17,19). The molecule has 0 spiro atoms. The molecular weight excluding hydrogens is 256 g/mol. The van der Waals surface area contributed by atoms with E-state index in [-0.39, 0.29) is 18.0 Å². The van der Waals surface area contributed by atoms with Crippen LogP contribution in [0.2, 0.25) is 0 Å². The smallest absolute Gasteiger partial charge is 0.330 e. The quantitative estimate of drug-likeness (QED) is 0.655. The third-order valence-corrected chi connectivity index (χ3v) is 2.49. The molecule has 0 heterocycles. The van der Waals surface area contributed by atoms with Gasteiger partial charge in [0.05, 0.1) is 0 Å². The maximum absolute atomic E-state index is 11.6. The number of carbonyl (C=O) groups is 2. The Bertz CT molecular complexity index is 478. The van der Waals surface area contributed by atoms with E-state index in [0.29, 0.717) is 12.3 Å². The summed E-state index contributed by atoms with van der Waals surface area (Å²) in [6.45, 7) is 8.27. The van der Waals surface area contributed by atoms with Crippen LogP contribution in [0.15, 0.2) is 24.3 Å². The van der Waals surface area contributed by atoms with E-state index in [4.69, 9.17) is 4.74 Å². The second-order valence-electron chi connectivity index (χ2n) is 5.84. The fourth-order valence-corrected chi connectivity index (χ4v) is 1.39. The third-order valence-electron chi connectivity index (χ3n) is 2.49. The molecule has 110 valence electrons. The zero-order valence-corrected chi connectivity index (χ0v) is 12.4. The monoisotopic (exact) mass is 278 g/mol. The van der Waals surface area contributed by atoms with Crippen LogP contribution in [0.4, 0.5) is 4.79 Å². The van der Waals surface area contributed by atoms with E-state index >= 15 is 0 Å². The first-order chi connectivity index (χ1) is 9.28. The summed E-state index contributed by atoms with van der Waals surface area (Å²) >= 11 is 0. The number of para-hydroxylation sites is 1. The van der Waals surface area contributed by atoms with Crippen LogP contribution in [-0.2, 0) is 4.79 Å². The molecule has 2 amide bonds. The SMILES string of the molecule is Cc1ccccc1OC(=O)CNC(=O)NCC(C)(C)C. The van der Waals surface area contributed by atoms with Crippen molar-refractivity contribution in [2.45, 2.75) is 27.7 Å². The van der Waals surface area contributed by atoms with Crippen molar-refractivity contribution in [3.8, 4) is 5.75 Å². The molecule has 0 aliphatic carbocycles. The molecule has 0 atom stereocenters. The Morgan fingerprint density at radius 2 is 1.80 bits per heavy atom. The molecule has 0 unspecified atom stereocenters. The van der Waals surface area contributed by atoms with Gasteiger partial charge in [-0.1, -0.05) is 39.0 Å². The minimum Gasteiger partial charge on any atom is -0.425 e. The van der Waals surface area contributed by atoms with Crippen LogP contribution >= 0.6 is 0 Å². The van der Waals surface area contributed by atoms with Gasteiger partial charge in [0.1, 0.15) is 12.3 Å². The van der Waals surface area contributed by atoms with Crippen molar-refractivity contribution < 1.29 is 14.3 Å². The van der Waals surface area contributed by atoms with Crippen LogP contribution in [-0.4, -0.2) is 25.1 Å². The summed E-state index contributed by atoms with van der Waals surface area (Å²) in [7, 11) is 0. The number of aryl methyl sites for hydroxylation is 1. The molecule has 1 aromatic carbocycles. The number of hydrogen-bond donors (Lipinski definition) is 2. The molecule has 0 radical (unpaired) electrons. The normalized spacial score (nSPS) is 10.8. The molecule has 2 N–H and O–H groups in total. The van der Waals surface area contributed by atoms with Gasteiger partial charge in [0.2, 0.25) is 0 Å². The van der Waals surface area contributed by atoms with Crippen LogP contribution < -0.4 is 15.4 Å². The Balaban J connectivity index is 2.33. The minimum atomic E-state index is -0.495. The lowest BCUT2D eigenvalue weighted by Crippen LogP contribution is -2.42. The first-order valence-electron chi connectivity index (χ1n) is 6.56. The van der Waals surface area contributed by atoms with Crippen LogP contribution in [0.5, 0.6) is 5.75 Å². The second kappa shape index (κ2) is 6.93. The van der Waals surface area contributed by atoms with Gasteiger partial charge >= 0.3 is 12.0 Å².